The monoisotopic (exact) mass is 285 g/mol. The lowest BCUT2D eigenvalue weighted by molar-refractivity contribution is -0.385. The maximum atomic E-state index is 14.0. The summed E-state index contributed by atoms with van der Waals surface area (Å²) in [4.78, 5) is 11.3. The fourth-order valence-electron chi connectivity index (χ4n) is 2.96. The van der Waals surface area contributed by atoms with Crippen molar-refractivity contribution < 1.29 is 13.7 Å². The molecule has 2 rings (SSSR count). The first-order valence-electron chi connectivity index (χ1n) is 6.52. The molecule has 0 aromatic heterocycles. The number of halogens is 2. The van der Waals surface area contributed by atoms with Crippen LogP contribution in [0, 0.1) is 27.7 Å². The summed E-state index contributed by atoms with van der Waals surface area (Å²) in [6, 6.07) is 1.47. The molecule has 1 aliphatic rings. The molecule has 0 aliphatic heterocycles. The van der Waals surface area contributed by atoms with Gasteiger partial charge in [-0.1, -0.05) is 6.42 Å². The first-order valence-corrected chi connectivity index (χ1v) is 6.52. The quantitative estimate of drug-likeness (QED) is 0.681. The van der Waals surface area contributed by atoms with Gasteiger partial charge in [-0.3, -0.25) is 10.1 Å². The molecule has 0 radical (unpaired) electrons. The molecule has 1 aromatic rings. The Hall–Kier alpha value is -1.76. The van der Waals surface area contributed by atoms with Crippen LogP contribution in [0.15, 0.2) is 12.1 Å². The zero-order valence-electron chi connectivity index (χ0n) is 11.2. The number of hydrogen-bond acceptors (Lipinski definition) is 4. The van der Waals surface area contributed by atoms with E-state index in [9.17, 15) is 18.9 Å². The van der Waals surface area contributed by atoms with Gasteiger partial charge in [0.05, 0.1) is 17.1 Å². The average Bonchev–Trinajstić information content (AvgIpc) is 2.85. The third-order valence-electron chi connectivity index (χ3n) is 3.98. The lowest BCUT2D eigenvalue weighted by atomic mass is 10.0. The van der Waals surface area contributed by atoms with Gasteiger partial charge in [0.2, 0.25) is 0 Å². The molecule has 7 heteroatoms. The van der Waals surface area contributed by atoms with Gasteiger partial charge in [-0.2, -0.15) is 0 Å². The van der Waals surface area contributed by atoms with Gasteiger partial charge in [0.15, 0.2) is 11.6 Å². The van der Waals surface area contributed by atoms with Crippen LogP contribution < -0.4 is 10.6 Å². The van der Waals surface area contributed by atoms with Crippen LogP contribution in [-0.4, -0.2) is 24.6 Å². The van der Waals surface area contributed by atoms with Crippen molar-refractivity contribution in [3.8, 4) is 0 Å². The van der Waals surface area contributed by atoms with Gasteiger partial charge in [0.1, 0.15) is 5.69 Å². The lowest BCUT2D eigenvalue weighted by Crippen LogP contribution is -2.38. The summed E-state index contributed by atoms with van der Waals surface area (Å²) in [7, 11) is 1.60. The highest BCUT2D eigenvalue weighted by molar-refractivity contribution is 5.54. The maximum absolute atomic E-state index is 14.0. The molecule has 0 spiro atoms. The van der Waals surface area contributed by atoms with Crippen molar-refractivity contribution in [1.82, 2.24) is 0 Å². The number of anilines is 1. The maximum Gasteiger partial charge on any atom is 0.275 e. The fraction of sp³-hybridized carbons (Fsp3) is 0.538. The Kier molecular flexibility index (Phi) is 4.17. The third kappa shape index (κ3) is 2.58. The topological polar surface area (TPSA) is 72.4 Å². The summed E-state index contributed by atoms with van der Waals surface area (Å²) >= 11 is 0. The van der Waals surface area contributed by atoms with E-state index in [1.165, 1.54) is 4.90 Å². The summed E-state index contributed by atoms with van der Waals surface area (Å²) in [5.41, 5.74) is 4.87. The van der Waals surface area contributed by atoms with Crippen LogP contribution in [0.4, 0.5) is 20.2 Å². The first kappa shape index (κ1) is 14.6. The number of benzene rings is 1. The standard InChI is InChI=1S/C13H17F2N3O2/c1-17(12-4-2-3-8(12)7-16)13-10(14)5-9(18(19)20)6-11(13)15/h5-6,8,12H,2-4,7,16H2,1H3. The van der Waals surface area contributed by atoms with Crippen molar-refractivity contribution in [1.29, 1.82) is 0 Å². The number of nitro groups is 1. The lowest BCUT2D eigenvalue weighted by Gasteiger charge is -2.31. The van der Waals surface area contributed by atoms with E-state index in [1.54, 1.807) is 7.05 Å². The molecule has 0 saturated heterocycles. The van der Waals surface area contributed by atoms with E-state index in [4.69, 9.17) is 5.73 Å². The van der Waals surface area contributed by atoms with Crippen molar-refractivity contribution >= 4 is 11.4 Å². The molecule has 2 unspecified atom stereocenters. The van der Waals surface area contributed by atoms with Gasteiger partial charge in [0.25, 0.3) is 5.69 Å². The van der Waals surface area contributed by atoms with Gasteiger partial charge in [-0.25, -0.2) is 8.78 Å². The Bertz CT molecular complexity index is 501. The van der Waals surface area contributed by atoms with E-state index in [1.807, 2.05) is 0 Å². The second-order valence-electron chi connectivity index (χ2n) is 5.12. The molecule has 1 aliphatic carbocycles. The number of rotatable bonds is 4. The minimum atomic E-state index is -0.915. The number of nitrogens with zero attached hydrogens (tertiary/aromatic N) is 2. The molecule has 1 aromatic carbocycles. The highest BCUT2D eigenvalue weighted by Gasteiger charge is 2.32. The van der Waals surface area contributed by atoms with Crippen molar-refractivity contribution in [3.63, 3.8) is 0 Å². The molecule has 110 valence electrons. The molecule has 1 fully saturated rings. The Balaban J connectivity index is 2.35. The summed E-state index contributed by atoms with van der Waals surface area (Å²) in [5.74, 6) is -1.64. The van der Waals surface area contributed by atoms with Crippen LogP contribution in [0.25, 0.3) is 0 Å². The Morgan fingerprint density at radius 2 is 2.00 bits per heavy atom. The summed E-state index contributed by atoms with van der Waals surface area (Å²) in [6.07, 6.45) is 2.71. The third-order valence-corrected chi connectivity index (χ3v) is 3.98. The van der Waals surface area contributed by atoms with E-state index < -0.39 is 22.2 Å². The number of non-ortho nitro benzene ring substituents is 1. The molecule has 0 bridgehead atoms. The van der Waals surface area contributed by atoms with E-state index >= 15 is 0 Å². The minimum Gasteiger partial charge on any atom is -0.367 e. The van der Waals surface area contributed by atoms with E-state index in [2.05, 4.69) is 0 Å². The fourth-order valence-corrected chi connectivity index (χ4v) is 2.96. The molecular weight excluding hydrogens is 268 g/mol. The Morgan fingerprint density at radius 3 is 2.50 bits per heavy atom. The highest BCUT2D eigenvalue weighted by Crippen LogP contribution is 2.35. The predicted octanol–water partition coefficient (Wildman–Crippen LogP) is 2.44. The Morgan fingerprint density at radius 1 is 1.40 bits per heavy atom. The number of hydrogen-bond donors (Lipinski definition) is 1. The summed E-state index contributed by atoms with van der Waals surface area (Å²) in [6.45, 7) is 0.464. The van der Waals surface area contributed by atoms with Crippen molar-refractivity contribution in [2.75, 3.05) is 18.5 Å². The molecule has 0 amide bonds. The summed E-state index contributed by atoms with van der Waals surface area (Å²) < 4.78 is 28.0. The van der Waals surface area contributed by atoms with Crippen LogP contribution in [0.2, 0.25) is 0 Å². The van der Waals surface area contributed by atoms with Crippen LogP contribution >= 0.6 is 0 Å². The highest BCUT2D eigenvalue weighted by atomic mass is 19.1. The van der Waals surface area contributed by atoms with Crippen LogP contribution in [0.3, 0.4) is 0 Å². The second kappa shape index (κ2) is 5.70. The van der Waals surface area contributed by atoms with Crippen molar-refractivity contribution in [2.45, 2.75) is 25.3 Å². The minimum absolute atomic E-state index is 0.0366. The average molecular weight is 285 g/mol. The van der Waals surface area contributed by atoms with Crippen molar-refractivity contribution in [2.24, 2.45) is 11.7 Å². The molecule has 0 heterocycles. The van der Waals surface area contributed by atoms with Crippen LogP contribution in [-0.2, 0) is 0 Å². The zero-order chi connectivity index (χ0) is 14.9. The molecule has 1 saturated carbocycles. The molecule has 2 atom stereocenters. The van der Waals surface area contributed by atoms with Crippen molar-refractivity contribution in [3.05, 3.63) is 33.9 Å². The van der Waals surface area contributed by atoms with Gasteiger partial charge in [-0.05, 0) is 25.3 Å². The second-order valence-corrected chi connectivity index (χ2v) is 5.12. The number of nitro benzene ring substituents is 1. The van der Waals surface area contributed by atoms with E-state index in [0.29, 0.717) is 6.54 Å². The summed E-state index contributed by atoms with van der Waals surface area (Å²) in [5, 5.41) is 10.6. The normalized spacial score (nSPS) is 22.0. The molecule has 2 N–H and O–H groups in total. The van der Waals surface area contributed by atoms with Crippen LogP contribution in [0.1, 0.15) is 19.3 Å². The van der Waals surface area contributed by atoms with Gasteiger partial charge >= 0.3 is 0 Å². The predicted molar refractivity (Wildman–Crippen MR) is 71.6 cm³/mol. The largest absolute Gasteiger partial charge is 0.367 e. The zero-order valence-corrected chi connectivity index (χ0v) is 11.2. The molecule has 5 nitrogen and oxygen atoms in total. The van der Waals surface area contributed by atoms with Gasteiger partial charge in [0, 0.05) is 13.1 Å². The van der Waals surface area contributed by atoms with E-state index in [0.717, 1.165) is 31.4 Å². The SMILES string of the molecule is CN(c1c(F)cc([N+](=O)[O-])cc1F)C1CCCC1CN. The van der Waals surface area contributed by atoms with Gasteiger partial charge < -0.3 is 10.6 Å². The first-order chi connectivity index (χ1) is 9.45. The molecular formula is C13H17F2N3O2. The number of nitrogens with two attached hydrogens (primary N) is 1. The van der Waals surface area contributed by atoms with E-state index in [-0.39, 0.29) is 17.6 Å². The van der Waals surface area contributed by atoms with Gasteiger partial charge in [-0.15, -0.1) is 0 Å². The smallest absolute Gasteiger partial charge is 0.275 e. The molecule has 20 heavy (non-hydrogen) atoms. The Labute approximate surface area is 115 Å². The van der Waals surface area contributed by atoms with Crippen LogP contribution in [0.5, 0.6) is 0 Å².